The molecule has 0 bridgehead atoms. The molecule has 27 heavy (non-hydrogen) atoms. The normalized spacial score (nSPS) is 22.6. The number of piperidine rings is 1. The van der Waals surface area contributed by atoms with Gasteiger partial charge in [-0.1, -0.05) is 24.3 Å². The van der Waals surface area contributed by atoms with Crippen LogP contribution < -0.4 is 10.6 Å². The first-order chi connectivity index (χ1) is 12.6. The van der Waals surface area contributed by atoms with Gasteiger partial charge >= 0.3 is 6.09 Å². The molecule has 0 spiro atoms. The van der Waals surface area contributed by atoms with Gasteiger partial charge in [0.1, 0.15) is 0 Å². The summed E-state index contributed by atoms with van der Waals surface area (Å²) in [4.78, 5) is 18.0. The second kappa shape index (κ2) is 10.1. The quantitative estimate of drug-likeness (QED) is 0.390. The van der Waals surface area contributed by atoms with Crippen molar-refractivity contribution < 1.29 is 9.53 Å². The van der Waals surface area contributed by atoms with Crippen molar-refractivity contribution in [3.8, 4) is 0 Å². The Hall–Kier alpha value is -1.51. The molecule has 1 aliphatic carbocycles. The number of carbonyl (C=O) groups is 1. The van der Waals surface area contributed by atoms with Gasteiger partial charge in [0.25, 0.3) is 0 Å². The number of nitrogens with zero attached hydrogens (tertiary/aromatic N) is 2. The lowest BCUT2D eigenvalue weighted by atomic mass is 10.0. The van der Waals surface area contributed by atoms with Crippen LogP contribution in [0, 0.1) is 6.92 Å². The largest absolute Gasteiger partial charge is 0.453 e. The molecule has 2 N–H and O–H groups in total. The van der Waals surface area contributed by atoms with Crippen molar-refractivity contribution in [3.63, 3.8) is 0 Å². The van der Waals surface area contributed by atoms with E-state index in [-0.39, 0.29) is 30.1 Å². The number of aryl methyl sites for hydroxylation is 1. The molecule has 1 aromatic carbocycles. The monoisotopic (exact) mass is 486 g/mol. The molecule has 1 saturated heterocycles. The van der Waals surface area contributed by atoms with Crippen molar-refractivity contribution in [1.29, 1.82) is 0 Å². The lowest BCUT2D eigenvalue weighted by molar-refractivity contribution is 0.111. The van der Waals surface area contributed by atoms with Gasteiger partial charge in [-0.05, 0) is 44.2 Å². The molecule has 7 heteroatoms. The maximum atomic E-state index is 11.6. The van der Waals surface area contributed by atoms with Crippen molar-refractivity contribution in [2.45, 2.75) is 51.1 Å². The van der Waals surface area contributed by atoms with Gasteiger partial charge in [0.2, 0.25) is 0 Å². The van der Waals surface area contributed by atoms with Crippen molar-refractivity contribution in [2.75, 3.05) is 26.7 Å². The molecule has 150 valence electrons. The first-order valence-electron chi connectivity index (χ1n) is 9.58. The third-order valence-corrected chi connectivity index (χ3v) is 5.29. The Morgan fingerprint density at radius 3 is 2.59 bits per heavy atom. The van der Waals surface area contributed by atoms with Gasteiger partial charge in [0.15, 0.2) is 5.96 Å². The topological polar surface area (TPSA) is 66.0 Å². The fraction of sp³-hybridized carbons (Fsp3) is 0.600. The van der Waals surface area contributed by atoms with E-state index in [1.54, 1.807) is 4.90 Å². The van der Waals surface area contributed by atoms with E-state index in [2.05, 4.69) is 53.7 Å². The van der Waals surface area contributed by atoms with E-state index in [9.17, 15) is 4.79 Å². The van der Waals surface area contributed by atoms with Crippen LogP contribution in [-0.4, -0.2) is 55.8 Å². The van der Waals surface area contributed by atoms with Crippen molar-refractivity contribution in [2.24, 2.45) is 4.99 Å². The second-order valence-electron chi connectivity index (χ2n) is 7.15. The van der Waals surface area contributed by atoms with Crippen LogP contribution in [-0.2, 0) is 4.74 Å². The molecule has 1 heterocycles. The minimum atomic E-state index is -0.233. The van der Waals surface area contributed by atoms with Gasteiger partial charge in [-0.3, -0.25) is 4.99 Å². The van der Waals surface area contributed by atoms with Crippen LogP contribution in [0.15, 0.2) is 29.3 Å². The van der Waals surface area contributed by atoms with Crippen LogP contribution in [0.4, 0.5) is 4.79 Å². The number of likely N-dealkylation sites (tertiary alicyclic amines) is 1. The molecular weight excluding hydrogens is 455 g/mol. The predicted molar refractivity (Wildman–Crippen MR) is 119 cm³/mol. The molecule has 2 unspecified atom stereocenters. The first-order valence-corrected chi connectivity index (χ1v) is 9.58. The maximum Gasteiger partial charge on any atom is 0.409 e. The van der Waals surface area contributed by atoms with Gasteiger partial charge in [0, 0.05) is 37.6 Å². The van der Waals surface area contributed by atoms with Gasteiger partial charge in [-0.2, -0.15) is 0 Å². The third-order valence-electron chi connectivity index (χ3n) is 5.29. The lowest BCUT2D eigenvalue weighted by Crippen LogP contribution is -2.50. The highest BCUT2D eigenvalue weighted by Gasteiger charge is 2.40. The van der Waals surface area contributed by atoms with Gasteiger partial charge in [-0.15, -0.1) is 24.0 Å². The molecule has 0 aromatic heterocycles. The summed E-state index contributed by atoms with van der Waals surface area (Å²) in [5.41, 5.74) is 2.80. The molecule has 1 aliphatic heterocycles. The minimum Gasteiger partial charge on any atom is -0.453 e. The van der Waals surface area contributed by atoms with Gasteiger partial charge in [-0.25, -0.2) is 4.79 Å². The summed E-state index contributed by atoms with van der Waals surface area (Å²) >= 11 is 0. The Morgan fingerprint density at radius 2 is 1.96 bits per heavy atom. The zero-order valence-electron chi connectivity index (χ0n) is 16.4. The smallest absolute Gasteiger partial charge is 0.409 e. The molecule has 1 aromatic rings. The van der Waals surface area contributed by atoms with E-state index >= 15 is 0 Å². The molecule has 1 amide bonds. The Kier molecular flexibility index (Phi) is 8.19. The summed E-state index contributed by atoms with van der Waals surface area (Å²) in [6.07, 6.45) is 2.73. The van der Waals surface area contributed by atoms with E-state index in [1.165, 1.54) is 18.2 Å². The number of rotatable bonds is 4. The SMILES string of the molecule is CCN=C(NC1CCN(C(=O)OC)CC1)NC1CC1c1ccccc1C.I. The number of benzene rings is 1. The van der Waals surface area contributed by atoms with Crippen LogP contribution >= 0.6 is 24.0 Å². The molecule has 3 rings (SSSR count). The highest BCUT2D eigenvalue weighted by molar-refractivity contribution is 14.0. The predicted octanol–water partition coefficient (Wildman–Crippen LogP) is 3.25. The number of guanidine groups is 1. The Labute approximate surface area is 179 Å². The van der Waals surface area contributed by atoms with Crippen molar-refractivity contribution in [1.82, 2.24) is 15.5 Å². The summed E-state index contributed by atoms with van der Waals surface area (Å²) in [7, 11) is 1.43. The molecular formula is C20H31IN4O2. The van der Waals surface area contributed by atoms with Crippen LogP contribution in [0.3, 0.4) is 0 Å². The lowest BCUT2D eigenvalue weighted by Gasteiger charge is -2.32. The van der Waals surface area contributed by atoms with Crippen LogP contribution in [0.25, 0.3) is 0 Å². The van der Waals surface area contributed by atoms with Gasteiger partial charge in [0.05, 0.1) is 7.11 Å². The van der Waals surface area contributed by atoms with Gasteiger partial charge < -0.3 is 20.3 Å². The molecule has 2 aliphatic rings. The second-order valence-corrected chi connectivity index (χ2v) is 7.15. The molecule has 2 fully saturated rings. The van der Waals surface area contributed by atoms with E-state index in [4.69, 9.17) is 4.74 Å². The highest BCUT2D eigenvalue weighted by Crippen LogP contribution is 2.42. The highest BCUT2D eigenvalue weighted by atomic mass is 127. The zero-order chi connectivity index (χ0) is 18.5. The average molecular weight is 486 g/mol. The number of ether oxygens (including phenoxy) is 1. The summed E-state index contributed by atoms with van der Waals surface area (Å²) in [6, 6.07) is 9.41. The number of methoxy groups -OCH3 is 1. The van der Waals surface area contributed by atoms with Crippen molar-refractivity contribution >= 4 is 36.0 Å². The molecule has 6 nitrogen and oxygen atoms in total. The van der Waals surface area contributed by atoms with Crippen LogP contribution in [0.5, 0.6) is 0 Å². The number of halogens is 1. The number of aliphatic imine (C=N–C) groups is 1. The third kappa shape index (κ3) is 5.73. The number of hydrogen-bond donors (Lipinski definition) is 2. The fourth-order valence-electron chi connectivity index (χ4n) is 3.70. The van der Waals surface area contributed by atoms with Crippen molar-refractivity contribution in [3.05, 3.63) is 35.4 Å². The zero-order valence-corrected chi connectivity index (χ0v) is 18.7. The van der Waals surface area contributed by atoms with E-state index in [0.717, 1.165) is 44.9 Å². The Bertz CT molecular complexity index is 659. The standard InChI is InChI=1S/C20H30N4O2.HI/c1-4-21-19(22-15-9-11-24(12-10-15)20(25)26-3)23-18-13-17(18)16-8-6-5-7-14(16)2;/h5-8,15,17-18H,4,9-13H2,1-3H3,(H2,21,22,23);1H. The summed E-state index contributed by atoms with van der Waals surface area (Å²) in [6.45, 7) is 6.42. The number of carbonyl (C=O) groups excluding carboxylic acids is 1. The van der Waals surface area contributed by atoms with Crippen LogP contribution in [0.1, 0.15) is 43.2 Å². The van der Waals surface area contributed by atoms with E-state index in [0.29, 0.717) is 18.0 Å². The summed E-state index contributed by atoms with van der Waals surface area (Å²) < 4.78 is 4.80. The molecule has 0 radical (unpaired) electrons. The number of hydrogen-bond acceptors (Lipinski definition) is 3. The Balaban J connectivity index is 0.00000261. The van der Waals surface area contributed by atoms with E-state index < -0.39 is 0 Å². The number of nitrogens with one attached hydrogen (secondary N) is 2. The fourth-order valence-corrected chi connectivity index (χ4v) is 3.70. The maximum absolute atomic E-state index is 11.6. The number of amides is 1. The summed E-state index contributed by atoms with van der Waals surface area (Å²) in [5, 5.41) is 7.15. The minimum absolute atomic E-state index is 0. The average Bonchev–Trinajstić information content (AvgIpc) is 3.41. The first kappa shape index (κ1) is 21.8. The molecule has 2 atom stereocenters. The molecule has 1 saturated carbocycles. The van der Waals surface area contributed by atoms with E-state index in [1.807, 2.05) is 0 Å². The summed E-state index contributed by atoms with van der Waals surface area (Å²) in [5.74, 6) is 1.46. The van der Waals surface area contributed by atoms with Crippen LogP contribution in [0.2, 0.25) is 0 Å². The Morgan fingerprint density at radius 1 is 1.26 bits per heavy atom.